The van der Waals surface area contributed by atoms with Crippen molar-refractivity contribution in [3.63, 3.8) is 0 Å². The Kier molecular flexibility index (Phi) is 3.01. The first-order valence-electron chi connectivity index (χ1n) is 4.80. The van der Waals surface area contributed by atoms with Crippen LogP contribution in [0.5, 0.6) is 11.5 Å². The summed E-state index contributed by atoms with van der Waals surface area (Å²) in [5.74, 6) is -0.334. The van der Waals surface area contributed by atoms with E-state index in [0.717, 1.165) is 22.5 Å². The number of carboxylic acid groups (broad SMARTS) is 1. The van der Waals surface area contributed by atoms with Crippen molar-refractivity contribution < 1.29 is 19.7 Å². The monoisotopic (exact) mass is 250 g/mol. The first-order valence-corrected chi connectivity index (χ1v) is 5.68. The Hall–Kier alpha value is -2.01. The lowest BCUT2D eigenvalue weighted by atomic mass is 10.1. The van der Waals surface area contributed by atoms with Crippen LogP contribution in [0, 0.1) is 0 Å². The Morgan fingerprint density at radius 1 is 1.24 bits per heavy atom. The number of hydrogen-bond donors (Lipinski definition) is 2. The van der Waals surface area contributed by atoms with Crippen LogP contribution in [0.25, 0.3) is 11.1 Å². The zero-order valence-electron chi connectivity index (χ0n) is 9.01. The molecular formula is C12H10O4S. The van der Waals surface area contributed by atoms with Crippen LogP contribution in [0.3, 0.4) is 0 Å². The van der Waals surface area contributed by atoms with E-state index in [-0.39, 0.29) is 10.6 Å². The van der Waals surface area contributed by atoms with Gasteiger partial charge in [-0.25, -0.2) is 4.79 Å². The van der Waals surface area contributed by atoms with Crippen molar-refractivity contribution in [1.82, 2.24) is 0 Å². The maximum atomic E-state index is 10.8. The van der Waals surface area contributed by atoms with Gasteiger partial charge in [-0.1, -0.05) is 0 Å². The van der Waals surface area contributed by atoms with Crippen LogP contribution in [-0.2, 0) is 0 Å². The fourth-order valence-corrected chi connectivity index (χ4v) is 2.22. The van der Waals surface area contributed by atoms with Crippen molar-refractivity contribution in [2.75, 3.05) is 7.11 Å². The molecule has 0 unspecified atom stereocenters. The van der Waals surface area contributed by atoms with Crippen LogP contribution in [-0.4, -0.2) is 23.3 Å². The number of ether oxygens (including phenoxy) is 1. The molecule has 17 heavy (non-hydrogen) atoms. The van der Waals surface area contributed by atoms with E-state index in [1.54, 1.807) is 23.6 Å². The lowest BCUT2D eigenvalue weighted by molar-refractivity contribution is 0.0702. The number of methoxy groups -OCH3 is 1. The molecular weight excluding hydrogens is 240 g/mol. The Bertz CT molecular complexity index is 559. The number of phenols is 1. The number of carbonyl (C=O) groups is 1. The fourth-order valence-electron chi connectivity index (χ4n) is 1.47. The number of aromatic hydroxyl groups is 1. The minimum absolute atomic E-state index is 0.0856. The number of phenolic OH excluding ortho intramolecular Hbond substituents is 1. The molecule has 1 heterocycles. The van der Waals surface area contributed by atoms with E-state index in [1.165, 1.54) is 13.2 Å². The molecule has 0 bridgehead atoms. The number of aromatic carboxylic acids is 1. The predicted octanol–water partition coefficient (Wildman–Crippen LogP) is 2.83. The van der Waals surface area contributed by atoms with Gasteiger partial charge in [0.15, 0.2) is 0 Å². The highest BCUT2D eigenvalue weighted by Crippen LogP contribution is 2.31. The summed E-state index contributed by atoms with van der Waals surface area (Å²) >= 11 is 1.15. The van der Waals surface area contributed by atoms with Gasteiger partial charge in [0.05, 0.1) is 7.11 Å². The summed E-state index contributed by atoms with van der Waals surface area (Å²) in [5, 5.41) is 20.1. The highest BCUT2D eigenvalue weighted by molar-refractivity contribution is 7.12. The summed E-state index contributed by atoms with van der Waals surface area (Å²) in [6.07, 6.45) is 0. The molecule has 5 heteroatoms. The number of hydrogen-bond acceptors (Lipinski definition) is 4. The summed E-state index contributed by atoms with van der Waals surface area (Å²) in [6.45, 7) is 0. The quantitative estimate of drug-likeness (QED) is 0.879. The van der Waals surface area contributed by atoms with E-state index in [1.807, 2.05) is 0 Å². The molecule has 2 N–H and O–H groups in total. The highest BCUT2D eigenvalue weighted by Gasteiger charge is 2.09. The molecule has 2 rings (SSSR count). The van der Waals surface area contributed by atoms with Crippen molar-refractivity contribution in [3.8, 4) is 22.6 Å². The number of carboxylic acids is 1. The Morgan fingerprint density at radius 2 is 2.00 bits per heavy atom. The van der Waals surface area contributed by atoms with Crippen LogP contribution >= 0.6 is 11.3 Å². The summed E-state index contributed by atoms with van der Waals surface area (Å²) in [4.78, 5) is 11.0. The predicted molar refractivity (Wildman–Crippen MR) is 64.9 cm³/mol. The molecule has 1 aromatic carbocycles. The third-order valence-corrected chi connectivity index (χ3v) is 3.19. The minimum Gasteiger partial charge on any atom is -0.508 e. The summed E-state index contributed by atoms with van der Waals surface area (Å²) in [5.41, 5.74) is 1.48. The van der Waals surface area contributed by atoms with E-state index in [0.29, 0.717) is 5.75 Å². The van der Waals surface area contributed by atoms with Gasteiger partial charge >= 0.3 is 5.97 Å². The largest absolute Gasteiger partial charge is 0.508 e. The molecule has 0 saturated carbocycles. The molecule has 0 atom stereocenters. The maximum absolute atomic E-state index is 10.8. The molecule has 0 radical (unpaired) electrons. The number of benzene rings is 1. The van der Waals surface area contributed by atoms with Gasteiger partial charge in [0.2, 0.25) is 0 Å². The molecule has 0 amide bonds. The number of rotatable bonds is 3. The van der Waals surface area contributed by atoms with Gasteiger partial charge in [-0.05, 0) is 34.7 Å². The Labute approximate surface area is 102 Å². The van der Waals surface area contributed by atoms with Gasteiger partial charge in [0.25, 0.3) is 0 Å². The first kappa shape index (κ1) is 11.5. The molecule has 0 aliphatic heterocycles. The second-order valence-electron chi connectivity index (χ2n) is 3.42. The second kappa shape index (κ2) is 4.47. The molecule has 1 aromatic heterocycles. The van der Waals surface area contributed by atoms with E-state index in [4.69, 9.17) is 9.84 Å². The summed E-state index contributed by atoms with van der Waals surface area (Å²) < 4.78 is 5.04. The smallest absolute Gasteiger partial charge is 0.345 e. The third kappa shape index (κ3) is 2.39. The van der Waals surface area contributed by atoms with Crippen molar-refractivity contribution in [1.29, 1.82) is 0 Å². The third-order valence-electron chi connectivity index (χ3n) is 2.27. The van der Waals surface area contributed by atoms with Crippen LogP contribution in [0.4, 0.5) is 0 Å². The van der Waals surface area contributed by atoms with Crippen molar-refractivity contribution in [3.05, 3.63) is 34.5 Å². The van der Waals surface area contributed by atoms with Crippen LogP contribution in [0.2, 0.25) is 0 Å². The van der Waals surface area contributed by atoms with Gasteiger partial charge in [-0.3, -0.25) is 0 Å². The normalized spacial score (nSPS) is 10.2. The second-order valence-corrected chi connectivity index (χ2v) is 4.34. The minimum atomic E-state index is -0.951. The lowest BCUT2D eigenvalue weighted by Gasteiger charge is -2.04. The number of thiophene rings is 1. The Balaban J connectivity index is 2.44. The molecule has 2 aromatic rings. The van der Waals surface area contributed by atoms with E-state index >= 15 is 0 Å². The molecule has 0 saturated heterocycles. The molecule has 0 fully saturated rings. The van der Waals surface area contributed by atoms with E-state index in [9.17, 15) is 9.90 Å². The molecule has 0 aliphatic rings. The van der Waals surface area contributed by atoms with Gasteiger partial charge < -0.3 is 14.9 Å². The molecule has 4 nitrogen and oxygen atoms in total. The maximum Gasteiger partial charge on any atom is 0.345 e. The van der Waals surface area contributed by atoms with Crippen LogP contribution in [0.15, 0.2) is 29.6 Å². The van der Waals surface area contributed by atoms with Crippen molar-refractivity contribution in [2.45, 2.75) is 0 Å². The molecule has 0 aliphatic carbocycles. The van der Waals surface area contributed by atoms with E-state index in [2.05, 4.69) is 0 Å². The molecule has 88 valence electrons. The topological polar surface area (TPSA) is 66.8 Å². The average Bonchev–Trinajstić information content (AvgIpc) is 2.77. The SMILES string of the molecule is COc1cc(O)cc(-c2csc(C(=O)O)c2)c1. The van der Waals surface area contributed by atoms with Gasteiger partial charge in [-0.15, -0.1) is 11.3 Å². The average molecular weight is 250 g/mol. The fraction of sp³-hybridized carbons (Fsp3) is 0.0833. The molecule has 0 spiro atoms. The summed E-state index contributed by atoms with van der Waals surface area (Å²) in [6, 6.07) is 6.37. The van der Waals surface area contributed by atoms with Gasteiger partial charge in [0.1, 0.15) is 16.4 Å². The first-order chi connectivity index (χ1) is 8.10. The zero-order valence-corrected chi connectivity index (χ0v) is 9.82. The standard InChI is InChI=1S/C12H10O4S/c1-16-10-3-7(2-9(13)5-10)8-4-11(12(14)15)17-6-8/h2-6,13H,1H3,(H,14,15). The zero-order chi connectivity index (χ0) is 12.4. The van der Waals surface area contributed by atoms with E-state index < -0.39 is 5.97 Å². The van der Waals surface area contributed by atoms with Crippen LogP contribution in [0.1, 0.15) is 9.67 Å². The van der Waals surface area contributed by atoms with Gasteiger partial charge in [-0.2, -0.15) is 0 Å². The lowest BCUT2D eigenvalue weighted by Crippen LogP contribution is -1.90. The summed E-state index contributed by atoms with van der Waals surface area (Å²) in [7, 11) is 1.51. The highest BCUT2D eigenvalue weighted by atomic mass is 32.1. The van der Waals surface area contributed by atoms with Crippen molar-refractivity contribution >= 4 is 17.3 Å². The van der Waals surface area contributed by atoms with Crippen molar-refractivity contribution in [2.24, 2.45) is 0 Å². The Morgan fingerprint density at radius 3 is 2.59 bits per heavy atom. The van der Waals surface area contributed by atoms with Gasteiger partial charge in [0, 0.05) is 6.07 Å². The van der Waals surface area contributed by atoms with Crippen LogP contribution < -0.4 is 4.74 Å².